The topological polar surface area (TPSA) is 43.7 Å². The van der Waals surface area contributed by atoms with Crippen LogP contribution in [0.15, 0.2) is 83.8 Å². The van der Waals surface area contributed by atoms with Crippen LogP contribution in [0.3, 0.4) is 0 Å². The molecule has 1 heterocycles. The fourth-order valence-corrected chi connectivity index (χ4v) is 7.08. The van der Waals surface area contributed by atoms with Gasteiger partial charge in [0.15, 0.2) is 0 Å². The standard InChI is InChI=1S/C30H37NO2S/c1-34(2,23-31-20-6-7-21-31)28-18-14-26(15-19-28)30(25-12-16-27(33)17-13-25)29(11-8-22-32)24-9-4-3-5-10-24/h3-5,9-10,12-19,32-33H,6-8,11,20-23H2,1-2H3/b30-29-. The third kappa shape index (κ3) is 5.93. The van der Waals surface area contributed by atoms with Gasteiger partial charge in [-0.25, -0.2) is 10.0 Å². The average Bonchev–Trinajstić information content (AvgIpc) is 3.36. The van der Waals surface area contributed by atoms with Crippen LogP contribution in [0.25, 0.3) is 11.1 Å². The molecule has 0 atom stereocenters. The first kappa shape index (κ1) is 24.6. The van der Waals surface area contributed by atoms with Crippen LogP contribution >= 0.6 is 10.0 Å². The summed E-state index contributed by atoms with van der Waals surface area (Å²) in [5.41, 5.74) is 5.80. The highest BCUT2D eigenvalue weighted by Crippen LogP contribution is 2.50. The lowest BCUT2D eigenvalue weighted by molar-refractivity contribution is 0.290. The Kier molecular flexibility index (Phi) is 8.15. The highest BCUT2D eigenvalue weighted by atomic mass is 32.3. The number of likely N-dealkylation sites (tertiary alicyclic amines) is 1. The van der Waals surface area contributed by atoms with Crippen molar-refractivity contribution in [1.82, 2.24) is 4.90 Å². The molecule has 0 saturated carbocycles. The van der Waals surface area contributed by atoms with E-state index < -0.39 is 10.0 Å². The Balaban J connectivity index is 1.77. The van der Waals surface area contributed by atoms with Gasteiger partial charge in [0.1, 0.15) is 5.75 Å². The minimum Gasteiger partial charge on any atom is -0.508 e. The first-order valence-electron chi connectivity index (χ1n) is 12.2. The number of aromatic hydroxyl groups is 1. The molecule has 3 nitrogen and oxygen atoms in total. The Morgan fingerprint density at radius 2 is 1.38 bits per heavy atom. The smallest absolute Gasteiger partial charge is 0.115 e. The van der Waals surface area contributed by atoms with Crippen molar-refractivity contribution in [2.75, 3.05) is 38.1 Å². The maximum atomic E-state index is 9.90. The molecule has 0 aliphatic carbocycles. The molecule has 3 aromatic carbocycles. The maximum Gasteiger partial charge on any atom is 0.115 e. The molecule has 0 radical (unpaired) electrons. The van der Waals surface area contributed by atoms with Gasteiger partial charge in [-0.2, -0.15) is 0 Å². The molecule has 1 saturated heterocycles. The molecule has 2 N–H and O–H groups in total. The van der Waals surface area contributed by atoms with E-state index in [0.717, 1.165) is 12.0 Å². The van der Waals surface area contributed by atoms with Gasteiger partial charge in [0.25, 0.3) is 0 Å². The molecular weight excluding hydrogens is 438 g/mol. The number of nitrogens with zero attached hydrogens (tertiary/aromatic N) is 1. The number of benzene rings is 3. The Labute approximate surface area is 206 Å². The third-order valence-electron chi connectivity index (χ3n) is 6.65. The van der Waals surface area contributed by atoms with Crippen LogP contribution < -0.4 is 0 Å². The van der Waals surface area contributed by atoms with E-state index in [2.05, 4.69) is 65.9 Å². The number of hydrogen-bond donors (Lipinski definition) is 2. The zero-order valence-electron chi connectivity index (χ0n) is 20.4. The maximum absolute atomic E-state index is 9.90. The van der Waals surface area contributed by atoms with Crippen LogP contribution in [0.1, 0.15) is 42.4 Å². The van der Waals surface area contributed by atoms with Crippen molar-refractivity contribution in [3.8, 4) is 5.75 Å². The highest BCUT2D eigenvalue weighted by molar-refractivity contribution is 8.32. The van der Waals surface area contributed by atoms with Crippen LogP contribution in [0, 0.1) is 0 Å². The second-order valence-electron chi connectivity index (χ2n) is 9.61. The van der Waals surface area contributed by atoms with E-state index in [4.69, 9.17) is 0 Å². The molecule has 3 aromatic rings. The SMILES string of the molecule is CS(C)(CN1CCCC1)c1ccc(/C(=C(/CCCO)c2ccccc2)c2ccc(O)cc2)cc1. The molecule has 34 heavy (non-hydrogen) atoms. The van der Waals surface area contributed by atoms with Crippen molar-refractivity contribution in [3.05, 3.63) is 95.6 Å². The summed E-state index contributed by atoms with van der Waals surface area (Å²) < 4.78 is 0. The lowest BCUT2D eigenvalue weighted by atomic mass is 9.87. The van der Waals surface area contributed by atoms with Crippen molar-refractivity contribution < 1.29 is 10.2 Å². The Morgan fingerprint density at radius 1 is 0.794 bits per heavy atom. The molecule has 4 heteroatoms. The molecule has 0 bridgehead atoms. The summed E-state index contributed by atoms with van der Waals surface area (Å²) in [5, 5.41) is 19.5. The van der Waals surface area contributed by atoms with Gasteiger partial charge in [0, 0.05) is 12.5 Å². The van der Waals surface area contributed by atoms with E-state index in [9.17, 15) is 10.2 Å². The van der Waals surface area contributed by atoms with Crippen molar-refractivity contribution in [2.45, 2.75) is 30.6 Å². The summed E-state index contributed by atoms with van der Waals surface area (Å²) in [6.45, 7) is 2.62. The van der Waals surface area contributed by atoms with E-state index in [1.165, 1.54) is 59.0 Å². The first-order chi connectivity index (χ1) is 16.5. The van der Waals surface area contributed by atoms with Crippen molar-refractivity contribution in [1.29, 1.82) is 0 Å². The lowest BCUT2D eigenvalue weighted by Crippen LogP contribution is -2.24. The van der Waals surface area contributed by atoms with Crippen LogP contribution in [0.2, 0.25) is 0 Å². The molecule has 0 aromatic heterocycles. The quantitative estimate of drug-likeness (QED) is 0.343. The Morgan fingerprint density at radius 3 is 1.97 bits per heavy atom. The highest BCUT2D eigenvalue weighted by Gasteiger charge is 2.22. The number of phenolic OH excluding ortho intramolecular Hbond substituents is 1. The number of aliphatic hydroxyl groups is 1. The van der Waals surface area contributed by atoms with Crippen LogP contribution in [-0.2, 0) is 0 Å². The minimum atomic E-state index is -0.899. The van der Waals surface area contributed by atoms with Gasteiger partial charge in [0.05, 0.1) is 0 Å². The van der Waals surface area contributed by atoms with Crippen molar-refractivity contribution in [3.63, 3.8) is 0 Å². The summed E-state index contributed by atoms with van der Waals surface area (Å²) in [7, 11) is -0.899. The zero-order chi connectivity index (χ0) is 24.0. The van der Waals surface area contributed by atoms with E-state index in [1.54, 1.807) is 12.1 Å². The minimum absolute atomic E-state index is 0.159. The average molecular weight is 476 g/mol. The van der Waals surface area contributed by atoms with Crippen molar-refractivity contribution in [2.24, 2.45) is 0 Å². The fraction of sp³-hybridized carbons (Fsp3) is 0.333. The van der Waals surface area contributed by atoms with Gasteiger partial charge in [-0.1, -0.05) is 54.6 Å². The number of rotatable bonds is 9. The number of hydrogen-bond acceptors (Lipinski definition) is 3. The van der Waals surface area contributed by atoms with Crippen LogP contribution in [-0.4, -0.2) is 53.2 Å². The summed E-state index contributed by atoms with van der Waals surface area (Å²) in [4.78, 5) is 4.05. The van der Waals surface area contributed by atoms with Crippen molar-refractivity contribution >= 4 is 21.2 Å². The first-order valence-corrected chi connectivity index (χ1v) is 14.8. The number of aliphatic hydroxyl groups excluding tert-OH is 1. The fourth-order valence-electron chi connectivity index (χ4n) is 4.88. The molecule has 1 aliphatic heterocycles. The Bertz CT molecular complexity index is 1080. The molecule has 1 aliphatic rings. The van der Waals surface area contributed by atoms with E-state index in [1.807, 2.05) is 18.2 Å². The number of allylic oxidation sites excluding steroid dienone is 1. The molecule has 1 fully saturated rings. The predicted molar refractivity (Wildman–Crippen MR) is 147 cm³/mol. The summed E-state index contributed by atoms with van der Waals surface area (Å²) in [5.74, 6) is 1.43. The second kappa shape index (κ2) is 11.3. The van der Waals surface area contributed by atoms with Gasteiger partial charge in [0.2, 0.25) is 0 Å². The van der Waals surface area contributed by atoms with E-state index in [0.29, 0.717) is 6.42 Å². The molecular formula is C30H37NO2S. The normalized spacial score (nSPS) is 15.9. The van der Waals surface area contributed by atoms with Gasteiger partial charge in [-0.05, 0) is 108 Å². The monoisotopic (exact) mass is 475 g/mol. The molecule has 180 valence electrons. The summed E-state index contributed by atoms with van der Waals surface area (Å²) >= 11 is 0. The van der Waals surface area contributed by atoms with E-state index >= 15 is 0 Å². The lowest BCUT2D eigenvalue weighted by Gasteiger charge is -2.36. The third-order valence-corrected chi connectivity index (χ3v) is 9.21. The van der Waals surface area contributed by atoms with Crippen LogP contribution in [0.4, 0.5) is 0 Å². The van der Waals surface area contributed by atoms with Gasteiger partial charge < -0.3 is 10.2 Å². The molecule has 0 amide bonds. The van der Waals surface area contributed by atoms with Crippen LogP contribution in [0.5, 0.6) is 5.75 Å². The van der Waals surface area contributed by atoms with Gasteiger partial charge >= 0.3 is 0 Å². The Hall–Kier alpha value is -2.53. The largest absolute Gasteiger partial charge is 0.508 e. The zero-order valence-corrected chi connectivity index (χ0v) is 21.2. The summed E-state index contributed by atoms with van der Waals surface area (Å²) in [6.07, 6.45) is 8.99. The van der Waals surface area contributed by atoms with Gasteiger partial charge in [-0.15, -0.1) is 0 Å². The van der Waals surface area contributed by atoms with E-state index in [-0.39, 0.29) is 12.4 Å². The molecule has 0 unspecified atom stereocenters. The molecule has 4 rings (SSSR count). The number of phenols is 1. The molecule has 0 spiro atoms. The second-order valence-corrected chi connectivity index (χ2v) is 13.4. The summed E-state index contributed by atoms with van der Waals surface area (Å²) in [6, 6.07) is 27.1. The predicted octanol–water partition coefficient (Wildman–Crippen LogP) is 6.60. The van der Waals surface area contributed by atoms with Gasteiger partial charge in [-0.3, -0.25) is 4.90 Å².